The van der Waals surface area contributed by atoms with E-state index in [9.17, 15) is 23.4 Å². The van der Waals surface area contributed by atoms with Crippen LogP contribution in [-0.4, -0.2) is 59.1 Å². The number of aliphatic hydroxyl groups is 1. The van der Waals surface area contributed by atoms with Crippen molar-refractivity contribution < 1.29 is 23.4 Å². The second-order valence-electron chi connectivity index (χ2n) is 10.4. The van der Waals surface area contributed by atoms with Crippen molar-refractivity contribution in [1.82, 2.24) is 14.6 Å². The summed E-state index contributed by atoms with van der Waals surface area (Å²) in [6.07, 6.45) is 1.52. The quantitative estimate of drug-likeness (QED) is 0.184. The van der Waals surface area contributed by atoms with Gasteiger partial charge in [-0.3, -0.25) is 4.79 Å². The van der Waals surface area contributed by atoms with Crippen LogP contribution >= 0.6 is 11.3 Å². The predicted octanol–water partition coefficient (Wildman–Crippen LogP) is 5.22. The summed E-state index contributed by atoms with van der Waals surface area (Å²) in [4.78, 5) is 17.5. The first-order valence-corrected chi connectivity index (χ1v) is 16.1. The average molecular weight is 596 g/mol. The fraction of sp³-hybridized carbons (Fsp3) is 0.355. The molecule has 218 valence electrons. The number of aromatic nitrogens is 1. The van der Waals surface area contributed by atoms with Gasteiger partial charge >= 0.3 is 0 Å². The maximum Gasteiger partial charge on any atom is 0.251 e. The Morgan fingerprint density at radius 1 is 1.02 bits per heavy atom. The SMILES string of the molecule is CCC[C@H](C)CN(C[C@@H](O)[C@H](CCc1ccccc1)NC(=O)c1cccc(O)c1)S(=O)(=O)c1ccc2ncsc2c1. The molecule has 8 nitrogen and oxygen atoms in total. The lowest BCUT2D eigenvalue weighted by Gasteiger charge is -2.31. The van der Waals surface area contributed by atoms with Crippen LogP contribution in [0.2, 0.25) is 0 Å². The van der Waals surface area contributed by atoms with Crippen LogP contribution in [-0.2, 0) is 16.4 Å². The minimum Gasteiger partial charge on any atom is -0.508 e. The minimum absolute atomic E-state index is 0.0425. The van der Waals surface area contributed by atoms with Crippen molar-refractivity contribution in [3.63, 3.8) is 0 Å². The molecule has 3 N–H and O–H groups in total. The van der Waals surface area contributed by atoms with Crippen LogP contribution in [0.4, 0.5) is 0 Å². The molecular formula is C31H37N3O5S2. The molecule has 3 atom stereocenters. The van der Waals surface area contributed by atoms with Crippen LogP contribution in [0.3, 0.4) is 0 Å². The van der Waals surface area contributed by atoms with Gasteiger partial charge in [-0.05, 0) is 67.1 Å². The second kappa shape index (κ2) is 14.0. The molecule has 0 bridgehead atoms. The van der Waals surface area contributed by atoms with E-state index in [0.29, 0.717) is 12.8 Å². The number of fused-ring (bicyclic) bond motifs is 1. The molecule has 0 radical (unpaired) electrons. The van der Waals surface area contributed by atoms with Gasteiger partial charge in [-0.25, -0.2) is 13.4 Å². The zero-order valence-corrected chi connectivity index (χ0v) is 24.9. The van der Waals surface area contributed by atoms with Crippen LogP contribution < -0.4 is 5.32 Å². The van der Waals surface area contributed by atoms with E-state index in [1.165, 1.54) is 27.8 Å². The number of rotatable bonds is 14. The van der Waals surface area contributed by atoms with Crippen LogP contribution in [0.5, 0.6) is 5.75 Å². The number of hydrogen-bond donors (Lipinski definition) is 3. The number of carbonyl (C=O) groups is 1. The van der Waals surface area contributed by atoms with Gasteiger partial charge < -0.3 is 15.5 Å². The fourth-order valence-electron chi connectivity index (χ4n) is 4.91. The fourth-order valence-corrected chi connectivity index (χ4v) is 7.31. The van der Waals surface area contributed by atoms with E-state index in [0.717, 1.165) is 28.6 Å². The van der Waals surface area contributed by atoms with Gasteiger partial charge in [0.05, 0.1) is 32.8 Å². The maximum absolute atomic E-state index is 13.9. The number of thiazole rings is 1. The Hall–Kier alpha value is -3.31. The third-order valence-corrected chi connectivity index (χ3v) is 9.72. The number of nitrogens with one attached hydrogen (secondary N) is 1. The molecule has 1 aromatic heterocycles. The highest BCUT2D eigenvalue weighted by molar-refractivity contribution is 7.89. The van der Waals surface area contributed by atoms with E-state index in [1.807, 2.05) is 37.3 Å². The highest BCUT2D eigenvalue weighted by Crippen LogP contribution is 2.26. The number of carbonyl (C=O) groups excluding carboxylic acids is 1. The number of phenols is 1. The van der Waals surface area contributed by atoms with E-state index in [2.05, 4.69) is 17.2 Å². The lowest BCUT2D eigenvalue weighted by atomic mass is 10.00. The van der Waals surface area contributed by atoms with Crippen molar-refractivity contribution in [1.29, 1.82) is 0 Å². The molecule has 0 fully saturated rings. The van der Waals surface area contributed by atoms with Crippen molar-refractivity contribution in [3.8, 4) is 5.75 Å². The van der Waals surface area contributed by atoms with Crippen LogP contribution in [0, 0.1) is 5.92 Å². The number of aromatic hydroxyl groups is 1. The molecule has 41 heavy (non-hydrogen) atoms. The van der Waals surface area contributed by atoms with E-state index in [4.69, 9.17) is 0 Å². The van der Waals surface area contributed by atoms with Crippen molar-refractivity contribution in [2.75, 3.05) is 13.1 Å². The Labute approximate surface area is 245 Å². The Morgan fingerprint density at radius 3 is 2.54 bits per heavy atom. The predicted molar refractivity (Wildman–Crippen MR) is 163 cm³/mol. The molecule has 0 aliphatic rings. The van der Waals surface area contributed by atoms with E-state index in [-0.39, 0.29) is 35.2 Å². The van der Waals surface area contributed by atoms with Gasteiger partial charge in [0.15, 0.2) is 0 Å². The monoisotopic (exact) mass is 595 g/mol. The molecule has 1 amide bonds. The van der Waals surface area contributed by atoms with Gasteiger partial charge in [-0.15, -0.1) is 11.3 Å². The number of phenolic OH excluding ortho intramolecular Hbond substituents is 1. The second-order valence-corrected chi connectivity index (χ2v) is 13.2. The van der Waals surface area contributed by atoms with Crippen LogP contribution in [0.25, 0.3) is 10.2 Å². The van der Waals surface area contributed by atoms with Crippen LogP contribution in [0.15, 0.2) is 83.2 Å². The van der Waals surface area contributed by atoms with E-state index >= 15 is 0 Å². The summed E-state index contributed by atoms with van der Waals surface area (Å²) in [5.41, 5.74) is 3.70. The molecule has 4 aromatic rings. The molecule has 0 saturated heterocycles. The summed E-state index contributed by atoms with van der Waals surface area (Å²) < 4.78 is 30.0. The molecule has 3 aromatic carbocycles. The van der Waals surface area contributed by atoms with Crippen LogP contribution in [0.1, 0.15) is 49.0 Å². The number of aliphatic hydroxyl groups excluding tert-OH is 1. The average Bonchev–Trinajstić information content (AvgIpc) is 3.43. The number of amides is 1. The number of benzene rings is 3. The topological polar surface area (TPSA) is 120 Å². The molecule has 0 spiro atoms. The van der Waals surface area contributed by atoms with Gasteiger partial charge in [0, 0.05) is 18.7 Å². The summed E-state index contributed by atoms with van der Waals surface area (Å²) in [6, 6.07) is 19.8. The largest absolute Gasteiger partial charge is 0.508 e. The molecule has 0 saturated carbocycles. The van der Waals surface area contributed by atoms with Crippen molar-refractivity contribution in [2.45, 2.75) is 56.6 Å². The van der Waals surface area contributed by atoms with Gasteiger partial charge in [-0.2, -0.15) is 4.31 Å². The number of nitrogens with zero attached hydrogens (tertiary/aromatic N) is 2. The maximum atomic E-state index is 13.9. The normalized spacial score (nSPS) is 14.1. The smallest absolute Gasteiger partial charge is 0.251 e. The third-order valence-electron chi connectivity index (χ3n) is 7.10. The molecular weight excluding hydrogens is 558 g/mol. The molecule has 0 aliphatic carbocycles. The van der Waals surface area contributed by atoms with E-state index < -0.39 is 28.1 Å². The lowest BCUT2D eigenvalue weighted by Crippen LogP contribution is -2.50. The molecule has 10 heteroatoms. The number of sulfonamides is 1. The third kappa shape index (κ3) is 8.13. The Bertz CT molecular complexity index is 1540. The zero-order valence-electron chi connectivity index (χ0n) is 23.3. The number of hydrogen-bond acceptors (Lipinski definition) is 7. The van der Waals surface area contributed by atoms with Gasteiger partial charge in [-0.1, -0.05) is 56.7 Å². The molecule has 1 heterocycles. The minimum atomic E-state index is -3.96. The van der Waals surface area contributed by atoms with Gasteiger partial charge in [0.25, 0.3) is 5.91 Å². The Morgan fingerprint density at radius 2 is 1.80 bits per heavy atom. The zero-order chi connectivity index (χ0) is 29.4. The first kappa shape index (κ1) is 30.6. The first-order chi connectivity index (χ1) is 19.7. The molecule has 0 aliphatic heterocycles. The summed E-state index contributed by atoms with van der Waals surface area (Å²) in [5, 5.41) is 24.3. The van der Waals surface area contributed by atoms with E-state index in [1.54, 1.807) is 35.8 Å². The Kier molecular flexibility index (Phi) is 10.5. The number of aryl methyl sites for hydroxylation is 1. The molecule has 0 unspecified atom stereocenters. The summed E-state index contributed by atoms with van der Waals surface area (Å²) in [6.45, 7) is 4.11. The van der Waals surface area contributed by atoms with Gasteiger partial charge in [0.2, 0.25) is 10.0 Å². The highest BCUT2D eigenvalue weighted by atomic mass is 32.2. The summed E-state index contributed by atoms with van der Waals surface area (Å²) in [5.74, 6) is -0.430. The van der Waals surface area contributed by atoms with Crippen molar-refractivity contribution in [3.05, 3.63) is 89.4 Å². The van der Waals surface area contributed by atoms with Crippen molar-refractivity contribution >= 4 is 37.5 Å². The lowest BCUT2D eigenvalue weighted by molar-refractivity contribution is 0.0757. The Balaban J connectivity index is 1.60. The van der Waals surface area contributed by atoms with Gasteiger partial charge in [0.1, 0.15) is 5.75 Å². The summed E-state index contributed by atoms with van der Waals surface area (Å²) >= 11 is 1.37. The standard InChI is InChI=1S/C31H37N3O5S2/c1-3-8-22(2)19-34(41(38,39)26-14-16-28-30(18-26)40-21-32-28)20-29(36)27(15-13-23-9-5-4-6-10-23)33-31(37)24-11-7-12-25(35)17-24/h4-7,9-12,14,16-18,21-22,27,29,35-36H,3,8,13,15,19-20H2,1-2H3,(H,33,37)/t22-,27-,29+/m0/s1. The van der Waals surface area contributed by atoms with Crippen molar-refractivity contribution in [2.24, 2.45) is 5.92 Å². The molecule has 4 rings (SSSR count). The summed E-state index contributed by atoms with van der Waals surface area (Å²) in [7, 11) is -3.96. The highest BCUT2D eigenvalue weighted by Gasteiger charge is 2.32. The first-order valence-electron chi connectivity index (χ1n) is 13.8.